The fraction of sp³-hybridized carbons (Fsp3) is 0.381. The van der Waals surface area contributed by atoms with Gasteiger partial charge >= 0.3 is 6.18 Å². The second-order valence-corrected chi connectivity index (χ2v) is 8.42. The molecule has 5 nitrogen and oxygen atoms in total. The Balaban J connectivity index is 1.72. The standard InChI is InChI=1S/C21H20F3N3O2S/c22-21(23,24)17-8-6-14(18(27-17)19(25)29)13-5-7-15-16(9-13)30-20(26-15)12-3-1-11(10-28)2-4-12/h5-9,11-12,28H,1-4,10H2,(H2,25,29)/i12D. The van der Waals surface area contributed by atoms with Crippen LogP contribution in [0.3, 0.4) is 0 Å². The van der Waals surface area contributed by atoms with E-state index >= 15 is 0 Å². The summed E-state index contributed by atoms with van der Waals surface area (Å²) in [5, 5.41) is 10.0. The molecule has 158 valence electrons. The predicted molar refractivity (Wildman–Crippen MR) is 108 cm³/mol. The van der Waals surface area contributed by atoms with Crippen LogP contribution in [0.15, 0.2) is 30.3 Å². The summed E-state index contributed by atoms with van der Waals surface area (Å²) in [7, 11) is 0. The van der Waals surface area contributed by atoms with E-state index in [-0.39, 0.29) is 18.1 Å². The maximum atomic E-state index is 13.0. The van der Waals surface area contributed by atoms with E-state index in [1.807, 2.05) is 0 Å². The molecule has 0 aliphatic heterocycles. The van der Waals surface area contributed by atoms with Crippen molar-refractivity contribution < 1.29 is 24.4 Å². The van der Waals surface area contributed by atoms with Crippen molar-refractivity contribution in [2.45, 2.75) is 37.8 Å². The number of hydrogen-bond acceptors (Lipinski definition) is 5. The molecule has 1 aliphatic carbocycles. The summed E-state index contributed by atoms with van der Waals surface area (Å²) >= 11 is 1.36. The van der Waals surface area contributed by atoms with Crippen LogP contribution in [0.5, 0.6) is 0 Å². The van der Waals surface area contributed by atoms with Crippen molar-refractivity contribution in [2.24, 2.45) is 11.7 Å². The highest BCUT2D eigenvalue weighted by Crippen LogP contribution is 2.40. The average Bonchev–Trinajstić information content (AvgIpc) is 3.17. The monoisotopic (exact) mass is 436 g/mol. The number of benzene rings is 1. The molecule has 0 radical (unpaired) electrons. The number of thiazole rings is 1. The molecule has 1 saturated carbocycles. The second-order valence-electron chi connectivity index (χ2n) is 7.39. The molecule has 30 heavy (non-hydrogen) atoms. The van der Waals surface area contributed by atoms with Gasteiger partial charge in [-0.1, -0.05) is 6.07 Å². The quantitative estimate of drug-likeness (QED) is 0.618. The number of fused-ring (bicyclic) bond motifs is 1. The number of nitrogens with two attached hydrogens (primary N) is 1. The molecule has 3 aromatic rings. The first kappa shape index (κ1) is 19.4. The van der Waals surface area contributed by atoms with Crippen molar-refractivity contribution in [3.8, 4) is 11.1 Å². The van der Waals surface area contributed by atoms with Crippen molar-refractivity contribution in [1.29, 1.82) is 0 Å². The van der Waals surface area contributed by atoms with Gasteiger partial charge < -0.3 is 10.8 Å². The molecule has 4 rings (SSSR count). The number of aliphatic hydroxyl groups is 1. The number of amides is 1. The number of carbonyl (C=O) groups excluding carboxylic acids is 1. The van der Waals surface area contributed by atoms with E-state index in [0.717, 1.165) is 23.6 Å². The lowest BCUT2D eigenvalue weighted by Crippen LogP contribution is -2.18. The zero-order valence-corrected chi connectivity index (χ0v) is 16.7. The zero-order chi connectivity index (χ0) is 22.4. The topological polar surface area (TPSA) is 89.1 Å². The SMILES string of the molecule is [2H]C1(c2nc3ccc(-c4ccc(C(F)(F)F)nc4C(N)=O)cc3s2)CCC(CO)CC1. The van der Waals surface area contributed by atoms with E-state index in [4.69, 9.17) is 7.10 Å². The number of halogens is 3. The molecule has 1 fully saturated rings. The average molecular weight is 436 g/mol. The fourth-order valence-electron chi connectivity index (χ4n) is 3.70. The van der Waals surface area contributed by atoms with Crippen LogP contribution in [0.1, 0.15) is 54.1 Å². The smallest absolute Gasteiger partial charge is 0.396 e. The minimum atomic E-state index is -4.68. The molecule has 0 atom stereocenters. The minimum Gasteiger partial charge on any atom is -0.396 e. The van der Waals surface area contributed by atoms with Gasteiger partial charge in [0.1, 0.15) is 11.4 Å². The van der Waals surface area contributed by atoms with Crippen LogP contribution in [0.4, 0.5) is 13.2 Å². The van der Waals surface area contributed by atoms with Gasteiger partial charge in [-0.2, -0.15) is 13.2 Å². The summed E-state index contributed by atoms with van der Waals surface area (Å²) in [5.74, 6) is -1.64. The molecular formula is C21H20F3N3O2S. The zero-order valence-electron chi connectivity index (χ0n) is 16.9. The molecule has 0 bridgehead atoms. The molecule has 3 N–H and O–H groups in total. The molecule has 1 aliphatic rings. The van der Waals surface area contributed by atoms with E-state index in [2.05, 4.69) is 9.97 Å². The summed E-state index contributed by atoms with van der Waals surface area (Å²) in [6, 6.07) is 7.12. The number of aliphatic hydroxyl groups excluding tert-OH is 1. The highest BCUT2D eigenvalue weighted by molar-refractivity contribution is 7.18. The van der Waals surface area contributed by atoms with Crippen LogP contribution < -0.4 is 5.73 Å². The van der Waals surface area contributed by atoms with Gasteiger partial charge in [-0.05, 0) is 61.4 Å². The van der Waals surface area contributed by atoms with Crippen LogP contribution >= 0.6 is 11.3 Å². The molecule has 1 aromatic carbocycles. The third-order valence-corrected chi connectivity index (χ3v) is 6.51. The lowest BCUT2D eigenvalue weighted by molar-refractivity contribution is -0.141. The molecule has 9 heteroatoms. The number of carbonyl (C=O) groups is 1. The summed E-state index contributed by atoms with van der Waals surface area (Å²) in [6.45, 7) is 0.128. The first-order valence-electron chi connectivity index (χ1n) is 10.0. The van der Waals surface area contributed by atoms with Crippen molar-refractivity contribution >= 4 is 27.5 Å². The summed E-state index contributed by atoms with van der Waals surface area (Å²) < 4.78 is 48.6. The molecule has 0 saturated heterocycles. The van der Waals surface area contributed by atoms with Crippen molar-refractivity contribution in [2.75, 3.05) is 6.61 Å². The highest BCUT2D eigenvalue weighted by Gasteiger charge is 2.33. The van der Waals surface area contributed by atoms with Crippen LogP contribution in [0, 0.1) is 5.92 Å². The van der Waals surface area contributed by atoms with E-state index in [1.54, 1.807) is 18.2 Å². The third kappa shape index (κ3) is 4.04. The number of nitrogens with zero attached hydrogens (tertiary/aromatic N) is 2. The van der Waals surface area contributed by atoms with Crippen molar-refractivity contribution in [3.63, 3.8) is 0 Å². The molecule has 2 aromatic heterocycles. The van der Waals surface area contributed by atoms with Crippen LogP contribution in [-0.2, 0) is 6.18 Å². The number of primary amides is 1. The molecule has 2 heterocycles. The Morgan fingerprint density at radius 1 is 1.20 bits per heavy atom. The fourth-order valence-corrected chi connectivity index (χ4v) is 4.81. The number of pyridine rings is 1. The van der Waals surface area contributed by atoms with Gasteiger partial charge in [0.2, 0.25) is 0 Å². The summed E-state index contributed by atoms with van der Waals surface area (Å²) in [6.07, 6.45) is -1.93. The Hall–Kier alpha value is -2.52. The van der Waals surface area contributed by atoms with Crippen molar-refractivity contribution in [3.05, 3.63) is 46.7 Å². The second kappa shape index (κ2) is 7.96. The first-order valence-corrected chi connectivity index (χ1v) is 10.3. The number of hydrogen-bond donors (Lipinski definition) is 2. The van der Waals surface area contributed by atoms with Crippen LogP contribution in [-0.4, -0.2) is 27.6 Å². The largest absolute Gasteiger partial charge is 0.433 e. The maximum Gasteiger partial charge on any atom is 0.433 e. The molecule has 0 spiro atoms. The van der Waals surface area contributed by atoms with E-state index in [9.17, 15) is 23.1 Å². The van der Waals surface area contributed by atoms with Gasteiger partial charge in [0.15, 0.2) is 0 Å². The van der Waals surface area contributed by atoms with Gasteiger partial charge in [-0.15, -0.1) is 11.3 Å². The van der Waals surface area contributed by atoms with Crippen molar-refractivity contribution in [1.82, 2.24) is 9.97 Å². The Morgan fingerprint density at radius 2 is 1.93 bits per heavy atom. The van der Waals surface area contributed by atoms with Gasteiger partial charge in [-0.25, -0.2) is 9.97 Å². The van der Waals surface area contributed by atoms with Gasteiger partial charge in [0, 0.05) is 19.4 Å². The van der Waals surface area contributed by atoms with Gasteiger partial charge in [0.05, 0.1) is 15.2 Å². The lowest BCUT2D eigenvalue weighted by Gasteiger charge is -2.25. The molecular weight excluding hydrogens is 415 g/mol. The third-order valence-electron chi connectivity index (χ3n) is 5.39. The number of rotatable bonds is 4. The van der Waals surface area contributed by atoms with Crippen LogP contribution in [0.2, 0.25) is 0 Å². The van der Waals surface area contributed by atoms with Gasteiger partial charge in [-0.3, -0.25) is 4.79 Å². The normalized spacial score (nSPS) is 22.8. The van der Waals surface area contributed by atoms with E-state index in [1.165, 1.54) is 17.4 Å². The lowest BCUT2D eigenvalue weighted by atomic mass is 9.83. The van der Waals surface area contributed by atoms with Gasteiger partial charge in [0.25, 0.3) is 5.91 Å². The Labute approximate surface area is 176 Å². The summed E-state index contributed by atoms with van der Waals surface area (Å²) in [5.41, 5.74) is 5.06. The van der Waals surface area contributed by atoms with E-state index < -0.39 is 29.4 Å². The summed E-state index contributed by atoms with van der Waals surface area (Å²) in [4.78, 5) is 19.8. The Kier molecular flexibility index (Phi) is 5.16. The minimum absolute atomic E-state index is 0.128. The highest BCUT2D eigenvalue weighted by atomic mass is 32.1. The molecule has 1 amide bonds. The number of aromatic nitrogens is 2. The molecule has 0 unspecified atom stereocenters. The van der Waals surface area contributed by atoms with Crippen LogP contribution in [0.25, 0.3) is 21.3 Å². The Morgan fingerprint density at radius 3 is 2.57 bits per heavy atom. The van der Waals surface area contributed by atoms with E-state index in [0.29, 0.717) is 28.9 Å². The predicted octanol–water partition coefficient (Wildman–Crippen LogP) is 4.74. The number of alkyl halides is 3. The maximum absolute atomic E-state index is 13.0. The first-order chi connectivity index (χ1) is 14.6. The Bertz CT molecular complexity index is 1140.